The highest BCUT2D eigenvalue weighted by Crippen LogP contribution is 2.25. The average Bonchev–Trinajstić information content (AvgIpc) is 3.07. The normalized spacial score (nSPS) is 10.7. The predicted molar refractivity (Wildman–Crippen MR) is 75.6 cm³/mol. The number of ether oxygens (including phenoxy) is 1. The Labute approximate surface area is 115 Å². The van der Waals surface area contributed by atoms with E-state index < -0.39 is 0 Å². The Kier molecular flexibility index (Phi) is 3.12. The number of aryl methyl sites for hydroxylation is 1. The van der Waals surface area contributed by atoms with Gasteiger partial charge in [0.1, 0.15) is 11.6 Å². The number of H-pyrrole nitrogens is 1. The first-order valence-electron chi connectivity index (χ1n) is 6.20. The number of nitrogens with one attached hydrogen (secondary N) is 2. The minimum atomic E-state index is -0.234. The quantitative estimate of drug-likeness (QED) is 0.760. The molecule has 0 spiro atoms. The highest BCUT2D eigenvalue weighted by atomic mass is 16.5. The number of nitrogens with zero attached hydrogens (tertiary/aromatic N) is 2. The molecule has 3 aromatic rings. The van der Waals surface area contributed by atoms with E-state index in [1.54, 1.807) is 12.3 Å². The van der Waals surface area contributed by atoms with Crippen LogP contribution in [0.3, 0.4) is 0 Å². The number of aromatic nitrogens is 3. The van der Waals surface area contributed by atoms with Gasteiger partial charge in [0, 0.05) is 24.7 Å². The van der Waals surface area contributed by atoms with Crippen molar-refractivity contribution in [1.29, 1.82) is 0 Å². The largest absolute Gasteiger partial charge is 0.483 e. The van der Waals surface area contributed by atoms with Gasteiger partial charge in [-0.15, -0.1) is 0 Å². The molecule has 6 nitrogen and oxygen atoms in total. The summed E-state index contributed by atoms with van der Waals surface area (Å²) < 4.78 is 7.59. The molecule has 0 radical (unpaired) electrons. The summed E-state index contributed by atoms with van der Waals surface area (Å²) in [6.45, 7) is -0.0486. The first kappa shape index (κ1) is 12.3. The molecule has 0 fully saturated rings. The van der Waals surface area contributed by atoms with Gasteiger partial charge in [-0.05, 0) is 18.2 Å². The minimum absolute atomic E-state index is 0.0486. The van der Waals surface area contributed by atoms with E-state index in [4.69, 9.17) is 4.74 Å². The van der Waals surface area contributed by atoms with Gasteiger partial charge in [0.25, 0.3) is 5.91 Å². The first-order chi connectivity index (χ1) is 9.74. The van der Waals surface area contributed by atoms with Crippen molar-refractivity contribution in [3.05, 3.63) is 42.7 Å². The van der Waals surface area contributed by atoms with Gasteiger partial charge < -0.3 is 14.6 Å². The molecule has 102 valence electrons. The van der Waals surface area contributed by atoms with Gasteiger partial charge in [-0.25, -0.2) is 0 Å². The first-order valence-corrected chi connectivity index (χ1v) is 6.20. The SMILES string of the molecule is Cn1ccc2c(OCC(=O)Nc3ccn[nH]3)cccc21. The van der Waals surface area contributed by atoms with Crippen LogP contribution in [-0.4, -0.2) is 27.3 Å². The van der Waals surface area contributed by atoms with Crippen LogP contribution in [0.1, 0.15) is 0 Å². The molecular formula is C14H14N4O2. The van der Waals surface area contributed by atoms with Crippen LogP contribution < -0.4 is 10.1 Å². The Bertz CT molecular complexity index is 731. The summed E-state index contributed by atoms with van der Waals surface area (Å²) in [5.74, 6) is 1.02. The third-order valence-corrected chi connectivity index (χ3v) is 3.02. The molecule has 3 rings (SSSR count). The number of anilines is 1. The zero-order chi connectivity index (χ0) is 13.9. The molecule has 2 N–H and O–H groups in total. The van der Waals surface area contributed by atoms with E-state index in [0.717, 1.165) is 10.9 Å². The smallest absolute Gasteiger partial charge is 0.263 e. The van der Waals surface area contributed by atoms with E-state index in [-0.39, 0.29) is 12.5 Å². The maximum absolute atomic E-state index is 11.7. The lowest BCUT2D eigenvalue weighted by Gasteiger charge is -2.07. The molecule has 0 saturated carbocycles. The number of hydrogen-bond acceptors (Lipinski definition) is 3. The minimum Gasteiger partial charge on any atom is -0.483 e. The maximum Gasteiger partial charge on any atom is 0.263 e. The lowest BCUT2D eigenvalue weighted by molar-refractivity contribution is -0.118. The molecule has 0 aliphatic heterocycles. The van der Waals surface area contributed by atoms with E-state index >= 15 is 0 Å². The van der Waals surface area contributed by atoms with Crippen molar-refractivity contribution in [3.63, 3.8) is 0 Å². The fraction of sp³-hybridized carbons (Fsp3) is 0.143. The second kappa shape index (κ2) is 5.08. The van der Waals surface area contributed by atoms with Crippen LogP contribution in [0.5, 0.6) is 5.75 Å². The number of hydrogen-bond donors (Lipinski definition) is 2. The van der Waals surface area contributed by atoms with Crippen LogP contribution in [-0.2, 0) is 11.8 Å². The number of fused-ring (bicyclic) bond motifs is 1. The van der Waals surface area contributed by atoms with E-state index in [1.807, 2.05) is 42.1 Å². The fourth-order valence-electron chi connectivity index (χ4n) is 2.06. The van der Waals surface area contributed by atoms with Crippen molar-refractivity contribution in [2.75, 3.05) is 11.9 Å². The van der Waals surface area contributed by atoms with Crippen LogP contribution in [0.15, 0.2) is 42.7 Å². The molecule has 1 aromatic carbocycles. The summed E-state index contributed by atoms with van der Waals surface area (Å²) in [6.07, 6.45) is 3.53. The third-order valence-electron chi connectivity index (χ3n) is 3.02. The van der Waals surface area contributed by atoms with E-state index in [2.05, 4.69) is 15.5 Å². The Balaban J connectivity index is 1.69. The Hall–Kier alpha value is -2.76. The zero-order valence-corrected chi connectivity index (χ0v) is 11.0. The van der Waals surface area contributed by atoms with Crippen LogP contribution in [0.25, 0.3) is 10.9 Å². The molecule has 20 heavy (non-hydrogen) atoms. The number of carbonyl (C=O) groups excluding carboxylic acids is 1. The Morgan fingerprint density at radius 1 is 1.40 bits per heavy atom. The number of benzene rings is 1. The lowest BCUT2D eigenvalue weighted by atomic mass is 10.2. The second-order valence-corrected chi connectivity index (χ2v) is 4.42. The summed E-state index contributed by atoms with van der Waals surface area (Å²) in [5, 5.41) is 10.1. The predicted octanol–water partition coefficient (Wildman–Crippen LogP) is 1.92. The molecule has 0 aliphatic carbocycles. The Morgan fingerprint density at radius 2 is 2.30 bits per heavy atom. The average molecular weight is 270 g/mol. The van der Waals surface area contributed by atoms with Gasteiger partial charge in [-0.2, -0.15) is 5.10 Å². The van der Waals surface area contributed by atoms with Gasteiger partial charge in [0.05, 0.1) is 11.7 Å². The highest BCUT2D eigenvalue weighted by molar-refractivity contribution is 5.91. The summed E-state index contributed by atoms with van der Waals surface area (Å²) in [6, 6.07) is 9.41. The molecule has 2 aromatic heterocycles. The number of rotatable bonds is 4. The fourth-order valence-corrected chi connectivity index (χ4v) is 2.06. The molecular weight excluding hydrogens is 256 g/mol. The molecule has 2 heterocycles. The van der Waals surface area contributed by atoms with Crippen LogP contribution >= 0.6 is 0 Å². The molecule has 0 aliphatic rings. The number of aromatic amines is 1. The number of amides is 1. The standard InChI is InChI=1S/C14H14N4O2/c1-18-8-6-10-11(18)3-2-4-12(10)20-9-14(19)16-13-5-7-15-17-13/h2-8H,9H2,1H3,(H2,15,16,17,19). The van der Waals surface area contributed by atoms with Crippen molar-refractivity contribution in [1.82, 2.24) is 14.8 Å². The van der Waals surface area contributed by atoms with Gasteiger partial charge in [0.15, 0.2) is 6.61 Å². The van der Waals surface area contributed by atoms with Crippen LogP contribution in [0.4, 0.5) is 5.82 Å². The van der Waals surface area contributed by atoms with Gasteiger partial charge in [-0.1, -0.05) is 6.07 Å². The zero-order valence-electron chi connectivity index (χ0n) is 11.0. The molecule has 1 amide bonds. The van der Waals surface area contributed by atoms with E-state index in [9.17, 15) is 4.79 Å². The summed E-state index contributed by atoms with van der Waals surface area (Å²) in [7, 11) is 1.97. The summed E-state index contributed by atoms with van der Waals surface area (Å²) >= 11 is 0. The van der Waals surface area contributed by atoms with E-state index in [0.29, 0.717) is 11.6 Å². The van der Waals surface area contributed by atoms with Crippen LogP contribution in [0, 0.1) is 0 Å². The van der Waals surface area contributed by atoms with Gasteiger partial charge in [0.2, 0.25) is 0 Å². The topological polar surface area (TPSA) is 71.9 Å². The summed E-state index contributed by atoms with van der Waals surface area (Å²) in [5.41, 5.74) is 1.07. The second-order valence-electron chi connectivity index (χ2n) is 4.42. The third kappa shape index (κ3) is 2.35. The highest BCUT2D eigenvalue weighted by Gasteiger charge is 2.08. The molecule has 0 unspecified atom stereocenters. The monoisotopic (exact) mass is 270 g/mol. The van der Waals surface area contributed by atoms with Crippen molar-refractivity contribution in [2.24, 2.45) is 7.05 Å². The van der Waals surface area contributed by atoms with Crippen molar-refractivity contribution in [2.45, 2.75) is 0 Å². The molecule has 6 heteroatoms. The lowest BCUT2D eigenvalue weighted by Crippen LogP contribution is -2.20. The van der Waals surface area contributed by atoms with Gasteiger partial charge >= 0.3 is 0 Å². The van der Waals surface area contributed by atoms with E-state index in [1.165, 1.54) is 0 Å². The number of carbonyl (C=O) groups is 1. The van der Waals surface area contributed by atoms with Crippen LogP contribution in [0.2, 0.25) is 0 Å². The molecule has 0 atom stereocenters. The molecule has 0 bridgehead atoms. The summed E-state index contributed by atoms with van der Waals surface area (Å²) in [4.78, 5) is 11.7. The Morgan fingerprint density at radius 3 is 3.10 bits per heavy atom. The van der Waals surface area contributed by atoms with Crippen molar-refractivity contribution >= 4 is 22.6 Å². The van der Waals surface area contributed by atoms with Crippen molar-refractivity contribution < 1.29 is 9.53 Å². The maximum atomic E-state index is 11.7. The van der Waals surface area contributed by atoms with Gasteiger partial charge in [-0.3, -0.25) is 9.89 Å². The molecule has 0 saturated heterocycles. The van der Waals surface area contributed by atoms with Crippen molar-refractivity contribution in [3.8, 4) is 5.75 Å².